The van der Waals surface area contributed by atoms with Gasteiger partial charge in [0.15, 0.2) is 0 Å². The molecule has 0 aliphatic heterocycles. The summed E-state index contributed by atoms with van der Waals surface area (Å²) in [5, 5.41) is 5.94. The van der Waals surface area contributed by atoms with Crippen LogP contribution in [-0.4, -0.2) is 25.5 Å². The predicted octanol–water partition coefficient (Wildman–Crippen LogP) is 1.39. The Morgan fingerprint density at radius 2 is 1.93 bits per heavy atom. The number of hydrogen-bond donors (Lipinski definition) is 2. The first kappa shape index (κ1) is 13.4. The number of nitrogens with one attached hydrogen (secondary N) is 2. The lowest BCUT2D eigenvalue weighted by Gasteiger charge is -2.29. The first-order chi connectivity index (χ1) is 6.40. The summed E-state index contributed by atoms with van der Waals surface area (Å²) in [5.41, 5.74) is 0.169. The van der Waals surface area contributed by atoms with Crippen molar-refractivity contribution in [2.75, 3.05) is 19.6 Å². The van der Waals surface area contributed by atoms with Crippen LogP contribution in [0.2, 0.25) is 0 Å². The third-order valence-corrected chi connectivity index (χ3v) is 2.84. The fourth-order valence-corrected chi connectivity index (χ4v) is 0.832. The Kier molecular flexibility index (Phi) is 5.77. The molecule has 0 atom stereocenters. The molecule has 0 spiro atoms. The number of carbonyl (C=O) groups excluding carboxylic acids is 1. The largest absolute Gasteiger partial charge is 0.354 e. The van der Waals surface area contributed by atoms with Crippen LogP contribution >= 0.6 is 0 Å². The van der Waals surface area contributed by atoms with E-state index in [4.69, 9.17) is 0 Å². The summed E-state index contributed by atoms with van der Waals surface area (Å²) in [6, 6.07) is 0. The summed E-state index contributed by atoms with van der Waals surface area (Å²) < 4.78 is 0. The topological polar surface area (TPSA) is 41.1 Å². The number of likely N-dealkylation sites (N-methyl/N-ethyl adjacent to an activating group) is 1. The third kappa shape index (κ3) is 5.22. The molecule has 0 aromatic rings. The van der Waals surface area contributed by atoms with Crippen LogP contribution in [0.5, 0.6) is 0 Å². The van der Waals surface area contributed by atoms with E-state index in [0.29, 0.717) is 12.5 Å². The quantitative estimate of drug-likeness (QED) is 0.680. The van der Waals surface area contributed by atoms with Gasteiger partial charge >= 0.3 is 0 Å². The fraction of sp³-hybridized carbons (Fsp3) is 0.909. The minimum absolute atomic E-state index is 0.0839. The molecule has 84 valence electrons. The molecule has 14 heavy (non-hydrogen) atoms. The van der Waals surface area contributed by atoms with Crippen LogP contribution in [0.4, 0.5) is 0 Å². The molecule has 0 bridgehead atoms. The number of carbonyl (C=O) groups is 1. The van der Waals surface area contributed by atoms with E-state index in [1.54, 1.807) is 0 Å². The first-order valence-corrected chi connectivity index (χ1v) is 5.37. The molecule has 2 N–H and O–H groups in total. The lowest BCUT2D eigenvalue weighted by molar-refractivity contribution is -0.120. The van der Waals surface area contributed by atoms with Crippen molar-refractivity contribution in [3.8, 4) is 0 Å². The second-order valence-corrected chi connectivity index (χ2v) is 4.70. The van der Waals surface area contributed by atoms with Crippen molar-refractivity contribution in [1.29, 1.82) is 0 Å². The lowest BCUT2D eigenvalue weighted by atomic mass is 9.81. The first-order valence-electron chi connectivity index (χ1n) is 5.37. The van der Waals surface area contributed by atoms with Crippen LogP contribution in [0, 0.1) is 11.3 Å². The Hall–Kier alpha value is -0.570. The van der Waals surface area contributed by atoms with Crippen LogP contribution in [0.25, 0.3) is 0 Å². The summed E-state index contributed by atoms with van der Waals surface area (Å²) in [5.74, 6) is 0.655. The van der Waals surface area contributed by atoms with Crippen molar-refractivity contribution < 1.29 is 4.79 Å². The molecule has 0 heterocycles. The van der Waals surface area contributed by atoms with Gasteiger partial charge in [-0.15, -0.1) is 0 Å². The molecule has 3 nitrogen and oxygen atoms in total. The molecule has 0 aromatic heterocycles. The highest BCUT2D eigenvalue weighted by atomic mass is 16.1. The fourth-order valence-electron chi connectivity index (χ4n) is 0.832. The molecule has 0 saturated carbocycles. The van der Waals surface area contributed by atoms with E-state index in [1.165, 1.54) is 0 Å². The monoisotopic (exact) mass is 200 g/mol. The molecule has 0 rings (SSSR count). The number of amides is 1. The Balaban J connectivity index is 3.76. The van der Waals surface area contributed by atoms with Crippen LogP contribution in [0.1, 0.15) is 34.6 Å². The van der Waals surface area contributed by atoms with Gasteiger partial charge in [-0.1, -0.05) is 34.6 Å². The maximum Gasteiger partial charge on any atom is 0.233 e. The van der Waals surface area contributed by atoms with Gasteiger partial charge < -0.3 is 10.6 Å². The van der Waals surface area contributed by atoms with Gasteiger partial charge in [0, 0.05) is 6.54 Å². The van der Waals surface area contributed by atoms with E-state index in [1.807, 2.05) is 6.92 Å². The van der Waals surface area contributed by atoms with Crippen molar-refractivity contribution in [3.05, 3.63) is 0 Å². The molecule has 0 aromatic carbocycles. The highest BCUT2D eigenvalue weighted by Crippen LogP contribution is 2.24. The zero-order valence-corrected chi connectivity index (χ0v) is 10.1. The van der Waals surface area contributed by atoms with Crippen LogP contribution in [0.3, 0.4) is 0 Å². The lowest BCUT2D eigenvalue weighted by Crippen LogP contribution is -2.40. The van der Waals surface area contributed by atoms with E-state index >= 15 is 0 Å². The van der Waals surface area contributed by atoms with Gasteiger partial charge in [-0.05, 0) is 17.9 Å². The van der Waals surface area contributed by atoms with Crippen LogP contribution < -0.4 is 10.6 Å². The normalized spacial score (nSPS) is 11.9. The summed E-state index contributed by atoms with van der Waals surface area (Å²) in [7, 11) is 0. The predicted molar refractivity (Wildman–Crippen MR) is 60.2 cm³/mol. The second kappa shape index (κ2) is 6.02. The Labute approximate surface area is 87.6 Å². The second-order valence-electron chi connectivity index (χ2n) is 4.70. The van der Waals surface area contributed by atoms with Gasteiger partial charge in [0.05, 0.1) is 6.54 Å². The summed E-state index contributed by atoms with van der Waals surface area (Å²) in [4.78, 5) is 11.3. The van der Waals surface area contributed by atoms with Crippen molar-refractivity contribution in [1.82, 2.24) is 10.6 Å². The maximum absolute atomic E-state index is 11.3. The average Bonchev–Trinajstić information content (AvgIpc) is 2.11. The van der Waals surface area contributed by atoms with Gasteiger partial charge in [-0.2, -0.15) is 0 Å². The smallest absolute Gasteiger partial charge is 0.233 e. The average molecular weight is 200 g/mol. The van der Waals surface area contributed by atoms with Crippen molar-refractivity contribution in [2.45, 2.75) is 34.6 Å². The summed E-state index contributed by atoms with van der Waals surface area (Å²) >= 11 is 0. The zero-order chi connectivity index (χ0) is 11.2. The molecule has 0 aliphatic carbocycles. The molecule has 0 fully saturated rings. The summed E-state index contributed by atoms with van der Waals surface area (Å²) in [6.45, 7) is 12.7. The zero-order valence-electron chi connectivity index (χ0n) is 10.1. The van der Waals surface area contributed by atoms with Crippen molar-refractivity contribution >= 4 is 5.91 Å². The Bertz CT molecular complexity index is 176. The summed E-state index contributed by atoms with van der Waals surface area (Å²) in [6.07, 6.45) is 0. The highest BCUT2D eigenvalue weighted by Gasteiger charge is 2.22. The van der Waals surface area contributed by atoms with Gasteiger partial charge in [0.25, 0.3) is 0 Å². The molecule has 0 unspecified atom stereocenters. The molecule has 0 saturated heterocycles. The van der Waals surface area contributed by atoms with Crippen molar-refractivity contribution in [2.24, 2.45) is 11.3 Å². The van der Waals surface area contributed by atoms with E-state index in [0.717, 1.165) is 13.1 Å². The van der Waals surface area contributed by atoms with Gasteiger partial charge in [-0.25, -0.2) is 0 Å². The molecular weight excluding hydrogens is 176 g/mol. The number of hydrogen-bond acceptors (Lipinski definition) is 2. The molecule has 0 aliphatic rings. The van der Waals surface area contributed by atoms with E-state index in [9.17, 15) is 4.79 Å². The maximum atomic E-state index is 11.3. The van der Waals surface area contributed by atoms with Crippen molar-refractivity contribution in [3.63, 3.8) is 0 Å². The molecular formula is C11H24N2O. The minimum atomic E-state index is 0.0839. The van der Waals surface area contributed by atoms with E-state index in [2.05, 4.69) is 38.3 Å². The van der Waals surface area contributed by atoms with Gasteiger partial charge in [-0.3, -0.25) is 4.79 Å². The Morgan fingerprint density at radius 3 is 2.36 bits per heavy atom. The third-order valence-electron chi connectivity index (χ3n) is 2.84. The van der Waals surface area contributed by atoms with E-state index in [-0.39, 0.29) is 11.3 Å². The standard InChI is InChI=1S/C11H24N2O/c1-6-12-7-10(14)13-8-11(4,5)9(2)3/h9,12H,6-8H2,1-5H3,(H,13,14). The van der Waals surface area contributed by atoms with Crippen LogP contribution in [0.15, 0.2) is 0 Å². The minimum Gasteiger partial charge on any atom is -0.354 e. The SMILES string of the molecule is CCNCC(=O)NCC(C)(C)C(C)C. The van der Waals surface area contributed by atoms with Crippen LogP contribution in [-0.2, 0) is 4.79 Å². The molecule has 3 heteroatoms. The highest BCUT2D eigenvalue weighted by molar-refractivity contribution is 5.77. The Morgan fingerprint density at radius 1 is 1.36 bits per heavy atom. The van der Waals surface area contributed by atoms with E-state index < -0.39 is 0 Å². The molecule has 1 amide bonds. The number of rotatable bonds is 6. The molecule has 0 radical (unpaired) electrons. The van der Waals surface area contributed by atoms with Gasteiger partial charge in [0.1, 0.15) is 0 Å². The van der Waals surface area contributed by atoms with Gasteiger partial charge in [0.2, 0.25) is 5.91 Å².